The molecule has 0 spiro atoms. The molecule has 0 aliphatic heterocycles. The van der Waals surface area contributed by atoms with Crippen LogP contribution in [0.15, 0.2) is 54.6 Å². The Balaban J connectivity index is 1.62. The maximum atomic E-state index is 13.4. The lowest BCUT2D eigenvalue weighted by Crippen LogP contribution is -2.35. The zero-order valence-electron chi connectivity index (χ0n) is 26.9. The fourth-order valence-electron chi connectivity index (χ4n) is 4.96. The number of aromatic nitrogens is 1. The minimum Gasteiger partial charge on any atom is -0.404 e. The zero-order chi connectivity index (χ0) is 33.5. The van der Waals surface area contributed by atoms with E-state index in [2.05, 4.69) is 45.4 Å². The Kier molecular flexibility index (Phi) is 15.1. The normalized spacial score (nSPS) is 12.4. The van der Waals surface area contributed by atoms with E-state index in [1.165, 1.54) is 19.1 Å². The molecule has 0 bridgehead atoms. The lowest BCUT2D eigenvalue weighted by Gasteiger charge is -2.18. The minimum absolute atomic E-state index is 0.0000503. The topological polar surface area (TPSA) is 157 Å². The van der Waals surface area contributed by atoms with E-state index in [0.717, 1.165) is 29.7 Å². The van der Waals surface area contributed by atoms with Crippen LogP contribution in [-0.4, -0.2) is 83.3 Å². The number of ketones is 2. The Bertz CT molecular complexity index is 1470. The van der Waals surface area contributed by atoms with Gasteiger partial charge in [-0.15, -0.1) is 0 Å². The number of hydrogen-bond donors (Lipinski definition) is 3. The van der Waals surface area contributed by atoms with E-state index in [1.807, 2.05) is 18.2 Å². The highest BCUT2D eigenvalue weighted by molar-refractivity contribution is 7.46. The molecule has 0 saturated heterocycles. The Morgan fingerprint density at radius 1 is 0.978 bits per heavy atom. The summed E-state index contributed by atoms with van der Waals surface area (Å²) in [5.74, 6) is -0.942. The van der Waals surface area contributed by atoms with Crippen LogP contribution >= 0.6 is 7.82 Å². The number of nitrogens with one attached hydrogen (secondary N) is 1. The van der Waals surface area contributed by atoms with Crippen molar-refractivity contribution >= 4 is 36.2 Å². The van der Waals surface area contributed by atoms with Gasteiger partial charge in [-0.25, -0.2) is 4.57 Å². The molecule has 0 aliphatic rings. The number of amides is 1. The molecule has 0 fully saturated rings. The second-order valence-corrected chi connectivity index (χ2v) is 12.4. The number of benzene rings is 2. The van der Waals surface area contributed by atoms with Crippen molar-refractivity contribution in [2.45, 2.75) is 52.6 Å². The number of aryl methyl sites for hydroxylation is 1. The average Bonchev–Trinajstić information content (AvgIpc) is 3.35. The van der Waals surface area contributed by atoms with Crippen LogP contribution in [0.2, 0.25) is 0 Å². The van der Waals surface area contributed by atoms with Crippen LogP contribution < -0.4 is 9.84 Å². The number of carbonyl (C=O) groups excluding carboxylic acids is 3. The van der Waals surface area contributed by atoms with Crippen molar-refractivity contribution in [3.05, 3.63) is 65.9 Å². The average molecular weight is 660 g/mol. The summed E-state index contributed by atoms with van der Waals surface area (Å²) in [6.07, 6.45) is 0.889. The fraction of sp³-hybridized carbons (Fsp3) is 0.485. The van der Waals surface area contributed by atoms with Crippen molar-refractivity contribution in [3.8, 4) is 5.75 Å². The maximum absolute atomic E-state index is 13.4. The monoisotopic (exact) mass is 659 g/mol. The summed E-state index contributed by atoms with van der Waals surface area (Å²) in [6.45, 7) is 7.24. The van der Waals surface area contributed by atoms with Crippen LogP contribution in [0.5, 0.6) is 5.75 Å². The smallest absolute Gasteiger partial charge is 0.404 e. The van der Waals surface area contributed by atoms with Gasteiger partial charge in [0.15, 0.2) is 0 Å². The van der Waals surface area contributed by atoms with Gasteiger partial charge in [0.05, 0.1) is 26.4 Å². The van der Waals surface area contributed by atoms with Crippen LogP contribution in [0.3, 0.4) is 0 Å². The van der Waals surface area contributed by atoms with Gasteiger partial charge in [0, 0.05) is 56.0 Å². The molecule has 12 nitrogen and oxygen atoms in total. The number of Topliss-reactive ketones (excluding diaryl/α,β-unsaturated/α-hetero) is 2. The van der Waals surface area contributed by atoms with Crippen LogP contribution in [0.4, 0.5) is 0 Å². The Hall–Kier alpha value is -3.38. The van der Waals surface area contributed by atoms with Gasteiger partial charge in [0.25, 0.3) is 0 Å². The van der Waals surface area contributed by atoms with Gasteiger partial charge in [0.1, 0.15) is 17.3 Å². The van der Waals surface area contributed by atoms with E-state index in [-0.39, 0.29) is 55.6 Å². The molecule has 1 amide bonds. The summed E-state index contributed by atoms with van der Waals surface area (Å²) in [6, 6.07) is 16.3. The summed E-state index contributed by atoms with van der Waals surface area (Å²) in [7, 11) is -2.65. The third kappa shape index (κ3) is 13.2. The van der Waals surface area contributed by atoms with Gasteiger partial charge < -0.3 is 28.8 Å². The molecule has 3 N–H and O–H groups in total. The molecule has 3 aromatic rings. The molecule has 1 heterocycles. The van der Waals surface area contributed by atoms with Gasteiger partial charge in [0.2, 0.25) is 5.91 Å². The predicted octanol–water partition coefficient (Wildman–Crippen LogP) is 3.90. The molecule has 2 aromatic carbocycles. The number of para-hydroxylation sites is 1. The van der Waals surface area contributed by atoms with Crippen molar-refractivity contribution in [2.24, 2.45) is 5.92 Å². The van der Waals surface area contributed by atoms with Crippen LogP contribution in [0.1, 0.15) is 44.4 Å². The highest BCUT2D eigenvalue weighted by Crippen LogP contribution is 2.37. The molecule has 1 atom stereocenters. The van der Waals surface area contributed by atoms with Crippen molar-refractivity contribution < 1.29 is 42.7 Å². The largest absolute Gasteiger partial charge is 0.524 e. The molecule has 3 rings (SSSR count). The first-order valence-corrected chi connectivity index (χ1v) is 17.0. The number of nitrogens with zero attached hydrogens (tertiary/aromatic N) is 2. The first-order chi connectivity index (χ1) is 21.9. The van der Waals surface area contributed by atoms with Crippen molar-refractivity contribution in [1.82, 2.24) is 14.8 Å². The van der Waals surface area contributed by atoms with Crippen LogP contribution in [-0.2, 0) is 47.9 Å². The SMILES string of the molecule is CCN(C)Cc1cc2ccccc2n1CCC(=O)C[C@@H](Cc1ccc(OP(=O)(O)O)cc1)C(=O)NCCOCCOCCC(C)=O. The first kappa shape index (κ1) is 37.1. The molecule has 0 radical (unpaired) electrons. The molecule has 0 saturated carbocycles. The summed E-state index contributed by atoms with van der Waals surface area (Å²) >= 11 is 0. The van der Waals surface area contributed by atoms with E-state index in [0.29, 0.717) is 38.3 Å². The zero-order valence-corrected chi connectivity index (χ0v) is 27.7. The Morgan fingerprint density at radius 3 is 2.35 bits per heavy atom. The molecule has 1 aromatic heterocycles. The lowest BCUT2D eigenvalue weighted by molar-refractivity contribution is -0.129. The van der Waals surface area contributed by atoms with Crippen molar-refractivity contribution in [3.63, 3.8) is 0 Å². The number of ether oxygens (including phenoxy) is 2. The molecule has 0 aliphatic carbocycles. The van der Waals surface area contributed by atoms with E-state index >= 15 is 0 Å². The predicted molar refractivity (Wildman–Crippen MR) is 174 cm³/mol. The number of rotatable bonds is 22. The lowest BCUT2D eigenvalue weighted by atomic mass is 9.92. The number of fused-ring (bicyclic) bond motifs is 1. The third-order valence-electron chi connectivity index (χ3n) is 7.47. The second kappa shape index (κ2) is 18.7. The Morgan fingerprint density at radius 2 is 1.67 bits per heavy atom. The van der Waals surface area contributed by atoms with Gasteiger partial charge in [-0.05, 0) is 62.2 Å². The third-order valence-corrected chi connectivity index (χ3v) is 7.92. The van der Waals surface area contributed by atoms with Crippen molar-refractivity contribution in [2.75, 3.05) is 46.6 Å². The van der Waals surface area contributed by atoms with Gasteiger partial charge >= 0.3 is 7.82 Å². The molecular weight excluding hydrogens is 613 g/mol. The highest BCUT2D eigenvalue weighted by atomic mass is 31.2. The highest BCUT2D eigenvalue weighted by Gasteiger charge is 2.23. The van der Waals surface area contributed by atoms with Crippen LogP contribution in [0.25, 0.3) is 10.9 Å². The molecule has 252 valence electrons. The van der Waals surface area contributed by atoms with E-state index in [4.69, 9.17) is 19.3 Å². The van der Waals surface area contributed by atoms with Gasteiger partial charge in [-0.3, -0.25) is 24.2 Å². The summed E-state index contributed by atoms with van der Waals surface area (Å²) in [5.41, 5.74) is 2.90. The summed E-state index contributed by atoms with van der Waals surface area (Å²) in [5, 5.41) is 3.97. The van der Waals surface area contributed by atoms with Crippen molar-refractivity contribution in [1.29, 1.82) is 0 Å². The van der Waals surface area contributed by atoms with E-state index < -0.39 is 13.7 Å². The Labute approximate surface area is 270 Å². The van der Waals surface area contributed by atoms with E-state index in [9.17, 15) is 18.9 Å². The number of phosphoric acid groups is 1. The molecule has 0 unspecified atom stereocenters. The molecule has 13 heteroatoms. The minimum atomic E-state index is -4.70. The maximum Gasteiger partial charge on any atom is 0.524 e. The standard InChI is InChI=1S/C33H46N3O9P/c1-4-35(3)24-29-22-27-7-5-6-8-32(27)36(29)16-13-30(38)23-28(21-26-9-11-31(12-10-26)45-46(40,41)42)33(39)34-15-18-44-20-19-43-17-14-25(2)37/h5-12,22,28H,4,13-21,23-24H2,1-3H3,(H,34,39)(H2,40,41,42)/t28-/m1/s1. The van der Waals surface area contributed by atoms with Gasteiger partial charge in [-0.2, -0.15) is 0 Å². The van der Waals surface area contributed by atoms with Gasteiger partial charge in [-0.1, -0.05) is 37.3 Å². The summed E-state index contributed by atoms with van der Waals surface area (Å²) in [4.78, 5) is 57.9. The number of carbonyl (C=O) groups is 3. The molecular formula is C33H46N3O9P. The first-order valence-electron chi connectivity index (χ1n) is 15.5. The second-order valence-electron chi connectivity index (χ2n) is 11.3. The van der Waals surface area contributed by atoms with Crippen LogP contribution in [0, 0.1) is 5.92 Å². The molecule has 46 heavy (non-hydrogen) atoms. The quantitative estimate of drug-likeness (QED) is 0.107. The fourth-order valence-corrected chi connectivity index (χ4v) is 5.36. The number of hydrogen-bond acceptors (Lipinski definition) is 8. The van der Waals surface area contributed by atoms with E-state index in [1.54, 1.807) is 12.1 Å². The number of phosphoric ester groups is 1. The summed E-state index contributed by atoms with van der Waals surface area (Å²) < 4.78 is 28.8.